The van der Waals surface area contributed by atoms with E-state index < -0.39 is 15.3 Å². The number of fused-ring (bicyclic) bond motifs is 3. The number of carbonyl (C=O) groups excluding carboxylic acids is 2. The lowest BCUT2D eigenvalue weighted by Crippen LogP contribution is -2.50. The molecule has 2 aliphatic rings. The maximum absolute atomic E-state index is 14.4. The molecule has 9 nitrogen and oxygen atoms in total. The van der Waals surface area contributed by atoms with Crippen molar-refractivity contribution in [2.24, 2.45) is 0 Å². The highest BCUT2D eigenvalue weighted by Gasteiger charge is 2.52. The second-order valence-corrected chi connectivity index (χ2v) is 14.6. The summed E-state index contributed by atoms with van der Waals surface area (Å²) in [4.78, 5) is 40.0. The van der Waals surface area contributed by atoms with Crippen molar-refractivity contribution in [3.8, 4) is 0 Å². The summed E-state index contributed by atoms with van der Waals surface area (Å²) in [5, 5.41) is 0.550. The van der Waals surface area contributed by atoms with Gasteiger partial charge in [0, 0.05) is 59.0 Å². The number of hydrogen-bond acceptors (Lipinski definition) is 6. The van der Waals surface area contributed by atoms with Crippen LogP contribution in [0.3, 0.4) is 0 Å². The lowest BCUT2D eigenvalue weighted by molar-refractivity contribution is -0.124. The smallest absolute Gasteiger partial charge is 0.253 e. The molecule has 4 heterocycles. The van der Waals surface area contributed by atoms with Gasteiger partial charge in [-0.25, -0.2) is 13.4 Å². The fraction of sp³-hybridized carbons (Fsp3) is 0.333. The van der Waals surface area contributed by atoms with Crippen LogP contribution in [0, 0.1) is 0 Å². The fourth-order valence-corrected chi connectivity index (χ4v) is 7.35. The van der Waals surface area contributed by atoms with Gasteiger partial charge in [-0.1, -0.05) is 27.5 Å². The summed E-state index contributed by atoms with van der Waals surface area (Å²) < 4.78 is 26.5. The molecule has 4 aromatic rings. The molecule has 218 valence electrons. The van der Waals surface area contributed by atoms with Gasteiger partial charge < -0.3 is 14.4 Å². The number of piperidine rings is 1. The lowest BCUT2D eigenvalue weighted by Gasteiger charge is -2.38. The molecule has 0 bridgehead atoms. The van der Waals surface area contributed by atoms with Crippen LogP contribution in [0.25, 0.3) is 11.0 Å². The first kappa shape index (κ1) is 28.8. The number of rotatable bonds is 7. The van der Waals surface area contributed by atoms with Gasteiger partial charge in [-0.3, -0.25) is 14.6 Å². The minimum atomic E-state index is -3.13. The van der Waals surface area contributed by atoms with E-state index in [0.717, 1.165) is 21.2 Å². The molecule has 1 saturated heterocycles. The zero-order chi connectivity index (χ0) is 29.6. The summed E-state index contributed by atoms with van der Waals surface area (Å²) in [6.07, 6.45) is 5.86. The standard InChI is InChI=1S/C30H29BrClN5O4S/c1-42(40,41)16-2-13-36-26-6-4-22(32)18-24(26)34-27(36)19-37-25-5-3-21(31)17-23(25)30(29(37)39)9-14-35(15-10-30)28(38)20-7-11-33-12-8-20/h3-8,11-12,17-18H,2,9-10,13-16,19H2,1H3. The van der Waals surface area contributed by atoms with E-state index in [2.05, 4.69) is 20.9 Å². The Balaban J connectivity index is 1.32. The molecular formula is C30H29BrClN5O4S. The number of benzene rings is 2. The van der Waals surface area contributed by atoms with E-state index in [1.54, 1.807) is 46.5 Å². The molecule has 2 amide bonds. The van der Waals surface area contributed by atoms with Crippen LogP contribution in [0.15, 0.2) is 65.4 Å². The SMILES string of the molecule is CS(=O)(=O)CCCn1c(CN2C(=O)C3(CCN(C(=O)c4ccncc4)CC3)c3cc(Br)ccc32)nc2cc(Cl)ccc21. The van der Waals surface area contributed by atoms with E-state index in [-0.39, 0.29) is 24.1 Å². The van der Waals surface area contributed by atoms with Crippen LogP contribution in [0.5, 0.6) is 0 Å². The van der Waals surface area contributed by atoms with E-state index in [1.807, 2.05) is 28.8 Å². The predicted molar refractivity (Wildman–Crippen MR) is 165 cm³/mol. The zero-order valence-electron chi connectivity index (χ0n) is 23.0. The van der Waals surface area contributed by atoms with Crippen LogP contribution in [-0.2, 0) is 33.1 Å². The number of hydrogen-bond donors (Lipinski definition) is 0. The largest absolute Gasteiger partial charge is 0.339 e. The van der Waals surface area contributed by atoms with Crippen molar-refractivity contribution >= 4 is 65.9 Å². The number of anilines is 1. The summed E-state index contributed by atoms with van der Waals surface area (Å²) in [6, 6.07) is 14.7. The molecule has 0 aliphatic carbocycles. The molecular weight excluding hydrogens is 642 g/mol. The normalized spacial score (nSPS) is 16.4. The fourth-order valence-electron chi connectivity index (χ4n) is 6.17. The van der Waals surface area contributed by atoms with Crippen molar-refractivity contribution < 1.29 is 18.0 Å². The summed E-state index contributed by atoms with van der Waals surface area (Å²) in [5.41, 5.74) is 3.12. The van der Waals surface area contributed by atoms with Crippen LogP contribution < -0.4 is 4.90 Å². The summed E-state index contributed by atoms with van der Waals surface area (Å²) >= 11 is 9.86. The van der Waals surface area contributed by atoms with E-state index in [1.165, 1.54) is 6.26 Å². The number of aromatic nitrogens is 3. The van der Waals surface area contributed by atoms with E-state index in [4.69, 9.17) is 16.6 Å². The van der Waals surface area contributed by atoms with Crippen LogP contribution in [0.2, 0.25) is 5.02 Å². The third kappa shape index (κ3) is 5.33. The van der Waals surface area contributed by atoms with Gasteiger partial charge in [0.1, 0.15) is 15.7 Å². The third-order valence-electron chi connectivity index (χ3n) is 8.24. The highest BCUT2D eigenvalue weighted by Crippen LogP contribution is 2.49. The molecule has 42 heavy (non-hydrogen) atoms. The Kier molecular flexibility index (Phi) is 7.61. The molecule has 0 saturated carbocycles. The zero-order valence-corrected chi connectivity index (χ0v) is 26.1. The van der Waals surface area contributed by atoms with Crippen LogP contribution >= 0.6 is 27.5 Å². The number of aryl methyl sites for hydroxylation is 1. The molecule has 12 heteroatoms. The molecule has 0 radical (unpaired) electrons. The Morgan fingerprint density at radius 1 is 1.07 bits per heavy atom. The number of imidazole rings is 1. The minimum Gasteiger partial charge on any atom is -0.339 e. The van der Waals surface area contributed by atoms with Gasteiger partial charge in [-0.15, -0.1) is 0 Å². The summed E-state index contributed by atoms with van der Waals surface area (Å²) in [7, 11) is -3.13. The van der Waals surface area contributed by atoms with Gasteiger partial charge in [-0.05, 0) is 73.4 Å². The van der Waals surface area contributed by atoms with Gasteiger partial charge in [-0.2, -0.15) is 0 Å². The number of likely N-dealkylation sites (tertiary alicyclic amines) is 1. The van der Waals surface area contributed by atoms with Gasteiger partial charge in [0.15, 0.2) is 0 Å². The molecule has 6 rings (SSSR count). The first-order valence-corrected chi connectivity index (χ1v) is 16.9. The predicted octanol–water partition coefficient (Wildman–Crippen LogP) is 5.00. The van der Waals surface area contributed by atoms with Gasteiger partial charge >= 0.3 is 0 Å². The van der Waals surface area contributed by atoms with Crippen LogP contribution in [0.1, 0.15) is 41.0 Å². The molecule has 2 aliphatic heterocycles. The number of sulfone groups is 1. The monoisotopic (exact) mass is 669 g/mol. The first-order chi connectivity index (χ1) is 20.1. The van der Waals surface area contributed by atoms with Crippen LogP contribution in [0.4, 0.5) is 5.69 Å². The second-order valence-electron chi connectivity index (χ2n) is 11.0. The number of halogens is 2. The molecule has 2 aromatic heterocycles. The van der Waals surface area contributed by atoms with Gasteiger partial charge in [0.05, 0.1) is 28.7 Å². The van der Waals surface area contributed by atoms with E-state index >= 15 is 0 Å². The van der Waals surface area contributed by atoms with Crippen molar-refractivity contribution in [3.05, 3.63) is 87.4 Å². The highest BCUT2D eigenvalue weighted by atomic mass is 79.9. The number of pyridine rings is 1. The number of amides is 2. The quantitative estimate of drug-likeness (QED) is 0.274. The molecule has 1 fully saturated rings. The maximum Gasteiger partial charge on any atom is 0.253 e. The van der Waals surface area contributed by atoms with Crippen molar-refractivity contribution in [2.45, 2.75) is 37.8 Å². The second kappa shape index (κ2) is 11.1. The maximum atomic E-state index is 14.4. The van der Waals surface area contributed by atoms with Crippen LogP contribution in [-0.4, -0.2) is 64.8 Å². The Morgan fingerprint density at radius 3 is 2.52 bits per heavy atom. The Morgan fingerprint density at radius 2 is 1.81 bits per heavy atom. The first-order valence-electron chi connectivity index (χ1n) is 13.7. The van der Waals surface area contributed by atoms with Crippen molar-refractivity contribution in [3.63, 3.8) is 0 Å². The topological polar surface area (TPSA) is 105 Å². The number of carbonyl (C=O) groups is 2. The van der Waals surface area contributed by atoms with Gasteiger partial charge in [0.25, 0.3) is 5.91 Å². The highest BCUT2D eigenvalue weighted by molar-refractivity contribution is 9.10. The van der Waals surface area contributed by atoms with Crippen molar-refractivity contribution in [1.29, 1.82) is 0 Å². The van der Waals surface area contributed by atoms with E-state index in [9.17, 15) is 18.0 Å². The summed E-state index contributed by atoms with van der Waals surface area (Å²) in [6.45, 7) is 1.57. The molecule has 0 N–H and O–H groups in total. The third-order valence-corrected chi connectivity index (χ3v) is 10.00. The Bertz CT molecular complexity index is 1800. The minimum absolute atomic E-state index is 0.0145. The molecule has 1 spiro atoms. The van der Waals surface area contributed by atoms with Crippen molar-refractivity contribution in [1.82, 2.24) is 19.4 Å². The number of nitrogens with zero attached hydrogens (tertiary/aromatic N) is 5. The lowest BCUT2D eigenvalue weighted by atomic mass is 9.73. The Labute approximate surface area is 257 Å². The molecule has 0 unspecified atom stereocenters. The summed E-state index contributed by atoms with van der Waals surface area (Å²) in [5.74, 6) is 0.632. The molecule has 0 atom stereocenters. The molecule has 2 aromatic carbocycles. The average Bonchev–Trinajstić information content (AvgIpc) is 3.40. The van der Waals surface area contributed by atoms with Gasteiger partial charge in [0.2, 0.25) is 5.91 Å². The van der Waals surface area contributed by atoms with E-state index in [0.29, 0.717) is 60.8 Å². The average molecular weight is 671 g/mol. The Hall–Kier alpha value is -3.28. The van der Waals surface area contributed by atoms with Crippen molar-refractivity contribution in [2.75, 3.05) is 30.0 Å².